The Morgan fingerprint density at radius 2 is 1.04 bits per heavy atom. The van der Waals surface area contributed by atoms with E-state index >= 15 is 0 Å². The molecular formula is C32H39ClF6N8. The van der Waals surface area contributed by atoms with Crippen LogP contribution in [0.1, 0.15) is 46.7 Å². The van der Waals surface area contributed by atoms with Gasteiger partial charge in [-0.1, -0.05) is 11.6 Å². The maximum absolute atomic E-state index is 13.2. The Morgan fingerprint density at radius 3 is 1.62 bits per heavy atom. The zero-order valence-electron chi connectivity index (χ0n) is 26.8. The number of rotatable bonds is 1. The number of alkyl halides is 6. The molecule has 15 heteroatoms. The first kappa shape index (κ1) is 36.5. The summed E-state index contributed by atoms with van der Waals surface area (Å²) in [6.07, 6.45) is -6.99. The molecule has 4 aromatic rings. The lowest BCUT2D eigenvalue weighted by Crippen LogP contribution is -2.29. The highest BCUT2D eigenvalue weighted by molar-refractivity contribution is 6.34. The van der Waals surface area contributed by atoms with Crippen LogP contribution in [0.4, 0.5) is 32.2 Å². The first-order chi connectivity index (χ1) is 22.1. The summed E-state index contributed by atoms with van der Waals surface area (Å²) in [4.78, 5) is 16.3. The molecule has 0 radical (unpaired) electrons. The molecule has 2 aliphatic rings. The second-order valence-electron chi connectivity index (χ2n) is 11.6. The maximum Gasteiger partial charge on any atom is 0.451 e. The van der Waals surface area contributed by atoms with Crippen LogP contribution in [0, 0.1) is 27.7 Å². The quantitative estimate of drug-likeness (QED) is 0.154. The molecule has 2 saturated heterocycles. The number of nitrogens with one attached hydrogen (secondary N) is 3. The largest absolute Gasteiger partial charge is 0.451 e. The summed E-state index contributed by atoms with van der Waals surface area (Å²) in [5, 5.41) is 10.8. The van der Waals surface area contributed by atoms with Gasteiger partial charge in [-0.15, -0.1) is 0 Å². The molecule has 8 nitrogen and oxygen atoms in total. The molecule has 0 amide bonds. The molecule has 256 valence electrons. The molecule has 47 heavy (non-hydrogen) atoms. The summed E-state index contributed by atoms with van der Waals surface area (Å²) < 4.78 is 77.0. The normalized spacial score (nSPS) is 16.1. The van der Waals surface area contributed by atoms with Crippen molar-refractivity contribution in [1.29, 1.82) is 0 Å². The standard InChI is InChI=1S/C16H19F3N4.C11H8ClF3N2.C5H12N2/c1-10-8-12-13(9-11(10)2)21-15(16(17,18)19)22-14(12)23-6-3-4-20-5-7-23;1-5-3-7-8(4-6(5)2)16-10(11(13,14)15)17-9(7)12;1-2-6-4-5-7-3-1/h8-9,20H,3-7H2,1-2H3;3-4H,1-2H3;6-7H,1-5H2. The molecule has 0 unspecified atom stereocenters. The van der Waals surface area contributed by atoms with Gasteiger partial charge in [0, 0.05) is 43.5 Å². The first-order valence-corrected chi connectivity index (χ1v) is 15.8. The molecule has 3 N–H and O–H groups in total. The summed E-state index contributed by atoms with van der Waals surface area (Å²) in [5.74, 6) is -1.90. The minimum Gasteiger partial charge on any atom is -0.355 e. The Hall–Kier alpha value is -3.33. The summed E-state index contributed by atoms with van der Waals surface area (Å²) in [5.41, 5.74) is 4.30. The monoisotopic (exact) mass is 684 g/mol. The Kier molecular flexibility index (Phi) is 12.2. The molecule has 0 aliphatic carbocycles. The fraction of sp³-hybridized carbons (Fsp3) is 0.500. The zero-order chi connectivity index (χ0) is 34.4. The van der Waals surface area contributed by atoms with Gasteiger partial charge in [-0.05, 0) is 107 Å². The summed E-state index contributed by atoms with van der Waals surface area (Å²) in [6.45, 7) is 15.0. The van der Waals surface area contributed by atoms with E-state index in [1.54, 1.807) is 25.1 Å². The smallest absolute Gasteiger partial charge is 0.355 e. The lowest BCUT2D eigenvalue weighted by Gasteiger charge is -2.24. The van der Waals surface area contributed by atoms with Crippen LogP contribution in [0.2, 0.25) is 5.15 Å². The molecule has 0 saturated carbocycles. The molecule has 0 bridgehead atoms. The van der Waals surface area contributed by atoms with Crippen LogP contribution >= 0.6 is 11.6 Å². The number of aromatic nitrogens is 4. The highest BCUT2D eigenvalue weighted by atomic mass is 35.5. The number of halogens is 7. The van der Waals surface area contributed by atoms with E-state index in [9.17, 15) is 26.3 Å². The van der Waals surface area contributed by atoms with Gasteiger partial charge in [0.25, 0.3) is 0 Å². The average Bonchev–Trinajstić information content (AvgIpc) is 3.47. The van der Waals surface area contributed by atoms with Crippen LogP contribution in [0.15, 0.2) is 24.3 Å². The third-order valence-electron chi connectivity index (χ3n) is 7.89. The predicted octanol–water partition coefficient (Wildman–Crippen LogP) is 6.55. The van der Waals surface area contributed by atoms with Gasteiger partial charge in [-0.2, -0.15) is 26.3 Å². The van der Waals surface area contributed by atoms with Crippen molar-refractivity contribution in [3.8, 4) is 0 Å². The SMILES string of the molecule is C1CNCCNC1.Cc1cc2nc(C(F)(F)F)nc(Cl)c2cc1C.Cc1cc2nc(C(F)(F)F)nc(N3CCCNCC3)c2cc1C. The average molecular weight is 685 g/mol. The van der Waals surface area contributed by atoms with Gasteiger partial charge in [-0.3, -0.25) is 0 Å². The van der Waals surface area contributed by atoms with Gasteiger partial charge in [0.1, 0.15) is 11.0 Å². The molecule has 0 atom stereocenters. The summed E-state index contributed by atoms with van der Waals surface area (Å²) in [6, 6.07) is 6.86. The van der Waals surface area contributed by atoms with Crippen LogP contribution in [0.25, 0.3) is 21.8 Å². The first-order valence-electron chi connectivity index (χ1n) is 15.4. The molecule has 2 aromatic heterocycles. The lowest BCUT2D eigenvalue weighted by molar-refractivity contribution is -0.145. The van der Waals surface area contributed by atoms with Crippen molar-refractivity contribution in [3.05, 3.63) is 63.3 Å². The van der Waals surface area contributed by atoms with Crippen molar-refractivity contribution in [2.24, 2.45) is 0 Å². The third kappa shape index (κ3) is 9.84. The van der Waals surface area contributed by atoms with Crippen LogP contribution < -0.4 is 20.9 Å². The summed E-state index contributed by atoms with van der Waals surface area (Å²) in [7, 11) is 0. The predicted molar refractivity (Wildman–Crippen MR) is 173 cm³/mol. The van der Waals surface area contributed by atoms with Gasteiger partial charge in [-0.25, -0.2) is 19.9 Å². The van der Waals surface area contributed by atoms with E-state index in [1.807, 2.05) is 31.7 Å². The number of hydrogen-bond donors (Lipinski definition) is 3. The van der Waals surface area contributed by atoms with E-state index in [1.165, 1.54) is 19.5 Å². The topological polar surface area (TPSA) is 90.9 Å². The Labute approximate surface area is 274 Å². The van der Waals surface area contributed by atoms with E-state index in [0.717, 1.165) is 54.9 Å². The third-order valence-corrected chi connectivity index (χ3v) is 8.18. The van der Waals surface area contributed by atoms with E-state index in [4.69, 9.17) is 11.6 Å². The number of fused-ring (bicyclic) bond motifs is 2. The highest BCUT2D eigenvalue weighted by Crippen LogP contribution is 2.34. The van der Waals surface area contributed by atoms with Crippen molar-refractivity contribution in [2.45, 2.75) is 52.9 Å². The van der Waals surface area contributed by atoms with E-state index < -0.39 is 24.0 Å². The molecule has 0 spiro atoms. The minimum absolute atomic E-state index is 0.176. The molecule has 2 aliphatic heterocycles. The number of aryl methyl sites for hydroxylation is 4. The lowest BCUT2D eigenvalue weighted by atomic mass is 10.1. The Balaban J connectivity index is 0.000000182. The van der Waals surface area contributed by atoms with Crippen LogP contribution in [0.3, 0.4) is 0 Å². The zero-order valence-corrected chi connectivity index (χ0v) is 27.5. The van der Waals surface area contributed by atoms with Gasteiger partial charge < -0.3 is 20.9 Å². The fourth-order valence-corrected chi connectivity index (χ4v) is 5.27. The van der Waals surface area contributed by atoms with E-state index in [2.05, 4.69) is 35.9 Å². The number of anilines is 1. The second-order valence-corrected chi connectivity index (χ2v) is 11.9. The molecule has 2 aromatic carbocycles. The highest BCUT2D eigenvalue weighted by Gasteiger charge is 2.37. The Bertz CT molecular complexity index is 1650. The van der Waals surface area contributed by atoms with Gasteiger partial charge in [0.15, 0.2) is 0 Å². The second kappa shape index (κ2) is 15.7. The Morgan fingerprint density at radius 1 is 0.574 bits per heavy atom. The van der Waals surface area contributed by atoms with Crippen molar-refractivity contribution in [1.82, 2.24) is 35.9 Å². The molecular weight excluding hydrogens is 646 g/mol. The molecule has 4 heterocycles. The van der Waals surface area contributed by atoms with Crippen molar-refractivity contribution < 1.29 is 26.3 Å². The maximum atomic E-state index is 13.2. The van der Waals surface area contributed by atoms with Crippen LogP contribution in [-0.4, -0.2) is 72.3 Å². The fourth-order valence-electron chi connectivity index (χ4n) is 5.04. The van der Waals surface area contributed by atoms with Crippen LogP contribution in [-0.2, 0) is 12.4 Å². The minimum atomic E-state index is -4.59. The number of benzene rings is 2. The van der Waals surface area contributed by atoms with E-state index in [-0.39, 0.29) is 10.7 Å². The van der Waals surface area contributed by atoms with Crippen molar-refractivity contribution in [2.75, 3.05) is 57.3 Å². The molecule has 6 rings (SSSR count). The van der Waals surface area contributed by atoms with Crippen molar-refractivity contribution in [3.63, 3.8) is 0 Å². The number of nitrogens with zero attached hydrogens (tertiary/aromatic N) is 5. The van der Waals surface area contributed by atoms with Gasteiger partial charge in [0.05, 0.1) is 11.0 Å². The summed E-state index contributed by atoms with van der Waals surface area (Å²) >= 11 is 5.74. The van der Waals surface area contributed by atoms with E-state index in [0.29, 0.717) is 35.2 Å². The number of hydrogen-bond acceptors (Lipinski definition) is 8. The van der Waals surface area contributed by atoms with Gasteiger partial charge in [0.2, 0.25) is 11.6 Å². The van der Waals surface area contributed by atoms with Crippen molar-refractivity contribution >= 4 is 39.2 Å². The van der Waals surface area contributed by atoms with Crippen LogP contribution in [0.5, 0.6) is 0 Å². The molecule has 2 fully saturated rings. The van der Waals surface area contributed by atoms with Gasteiger partial charge >= 0.3 is 12.4 Å².